The van der Waals surface area contributed by atoms with E-state index in [0.717, 1.165) is 11.8 Å². The van der Waals surface area contributed by atoms with Gasteiger partial charge >= 0.3 is 0 Å². The second-order valence-corrected chi connectivity index (χ2v) is 4.70. The second kappa shape index (κ2) is 4.13. The Morgan fingerprint density at radius 2 is 1.44 bits per heavy atom. The van der Waals surface area contributed by atoms with Crippen molar-refractivity contribution >= 4 is 0 Å². The molecule has 0 aromatic heterocycles. The van der Waals surface area contributed by atoms with E-state index in [1.165, 1.54) is 24.0 Å². The highest BCUT2D eigenvalue weighted by atomic mass is 14.4. The molecule has 3 rings (SSSR count). The molecule has 2 aromatic rings. The fraction of sp³-hybridized carbons (Fsp3) is 0.250. The van der Waals surface area contributed by atoms with Crippen LogP contribution in [-0.4, -0.2) is 0 Å². The zero-order valence-corrected chi connectivity index (χ0v) is 9.34. The number of hydrogen-bond donors (Lipinski definition) is 0. The van der Waals surface area contributed by atoms with Crippen molar-refractivity contribution in [1.29, 1.82) is 0 Å². The topological polar surface area (TPSA) is 0 Å². The summed E-state index contributed by atoms with van der Waals surface area (Å²) in [5.41, 5.74) is 2.99. The van der Waals surface area contributed by atoms with E-state index in [9.17, 15) is 0 Å². The number of hydrogen-bond acceptors (Lipinski definition) is 0. The van der Waals surface area contributed by atoms with E-state index in [1.54, 1.807) is 0 Å². The molecular formula is C16H16. The monoisotopic (exact) mass is 208 g/mol. The van der Waals surface area contributed by atoms with Crippen LogP contribution >= 0.6 is 0 Å². The summed E-state index contributed by atoms with van der Waals surface area (Å²) in [7, 11) is 0. The maximum atomic E-state index is 2.26. The van der Waals surface area contributed by atoms with Gasteiger partial charge in [0.15, 0.2) is 0 Å². The largest absolute Gasteiger partial charge is 0.0622 e. The molecule has 0 heteroatoms. The van der Waals surface area contributed by atoms with Crippen LogP contribution in [0.25, 0.3) is 0 Å². The maximum absolute atomic E-state index is 2.26. The fourth-order valence-electron chi connectivity index (χ4n) is 2.50. The van der Waals surface area contributed by atoms with Gasteiger partial charge in [0.1, 0.15) is 0 Å². The number of rotatable bonds is 3. The van der Waals surface area contributed by atoms with Crippen molar-refractivity contribution in [1.82, 2.24) is 0 Å². The summed E-state index contributed by atoms with van der Waals surface area (Å²) in [6, 6.07) is 21.7. The van der Waals surface area contributed by atoms with E-state index < -0.39 is 0 Å². The lowest BCUT2D eigenvalue weighted by Gasteiger charge is -2.01. The smallest absolute Gasteiger partial charge is 0.0127 e. The van der Waals surface area contributed by atoms with Gasteiger partial charge in [0.2, 0.25) is 0 Å². The van der Waals surface area contributed by atoms with Gasteiger partial charge in [0.25, 0.3) is 0 Å². The molecule has 2 aromatic carbocycles. The van der Waals surface area contributed by atoms with Crippen LogP contribution in [0.2, 0.25) is 0 Å². The molecule has 0 saturated heterocycles. The Balaban J connectivity index is 1.65. The van der Waals surface area contributed by atoms with Crippen molar-refractivity contribution in [2.45, 2.75) is 18.8 Å². The van der Waals surface area contributed by atoms with E-state index in [4.69, 9.17) is 0 Å². The molecule has 0 heterocycles. The molecule has 1 aliphatic carbocycles. The van der Waals surface area contributed by atoms with Crippen molar-refractivity contribution in [2.75, 3.05) is 0 Å². The van der Waals surface area contributed by atoms with Crippen LogP contribution in [0.1, 0.15) is 23.5 Å². The standard InChI is InChI=1S/C16H16/c1-3-7-13(8-4-1)11-15-12-16(15)14-9-5-2-6-10-14/h1-10,15-16H,11-12H2/t15-,16-/m1/s1. The normalized spacial score (nSPS) is 23.0. The quantitative estimate of drug-likeness (QED) is 0.714. The molecule has 0 nitrogen and oxygen atoms in total. The molecule has 0 bridgehead atoms. The first-order valence-corrected chi connectivity index (χ1v) is 6.02. The average Bonchev–Trinajstić information content (AvgIpc) is 3.11. The summed E-state index contributed by atoms with van der Waals surface area (Å²) in [6.45, 7) is 0. The van der Waals surface area contributed by atoms with Crippen LogP contribution < -0.4 is 0 Å². The van der Waals surface area contributed by atoms with Crippen LogP contribution in [0.5, 0.6) is 0 Å². The molecule has 0 amide bonds. The third kappa shape index (κ3) is 2.01. The Labute approximate surface area is 96.9 Å². The van der Waals surface area contributed by atoms with Crippen LogP contribution in [0.3, 0.4) is 0 Å². The van der Waals surface area contributed by atoms with Crippen molar-refractivity contribution in [3.8, 4) is 0 Å². The molecule has 0 radical (unpaired) electrons. The molecule has 80 valence electrons. The SMILES string of the molecule is c1ccc(C[C@@H]2C[C@@H]2c2ccccc2)cc1. The van der Waals surface area contributed by atoms with Gasteiger partial charge in [-0.25, -0.2) is 0 Å². The van der Waals surface area contributed by atoms with Gasteiger partial charge in [-0.15, -0.1) is 0 Å². The summed E-state index contributed by atoms with van der Waals surface area (Å²) in [5.74, 6) is 1.67. The minimum atomic E-state index is 0.807. The molecule has 1 fully saturated rings. The molecule has 1 saturated carbocycles. The Bertz CT molecular complexity index is 444. The van der Waals surface area contributed by atoms with Crippen molar-refractivity contribution in [3.05, 3.63) is 71.8 Å². The van der Waals surface area contributed by atoms with Crippen LogP contribution in [0.15, 0.2) is 60.7 Å². The van der Waals surface area contributed by atoms with Crippen LogP contribution in [0.4, 0.5) is 0 Å². The number of benzene rings is 2. The lowest BCUT2D eigenvalue weighted by Crippen LogP contribution is -1.89. The average molecular weight is 208 g/mol. The molecule has 16 heavy (non-hydrogen) atoms. The van der Waals surface area contributed by atoms with Crippen LogP contribution in [0, 0.1) is 5.92 Å². The summed E-state index contributed by atoms with van der Waals surface area (Å²) in [5, 5.41) is 0. The first-order valence-electron chi connectivity index (χ1n) is 6.02. The van der Waals surface area contributed by atoms with E-state index in [0.29, 0.717) is 0 Å². The summed E-state index contributed by atoms with van der Waals surface area (Å²) < 4.78 is 0. The van der Waals surface area contributed by atoms with Gasteiger partial charge in [-0.1, -0.05) is 60.7 Å². The van der Waals surface area contributed by atoms with Crippen molar-refractivity contribution in [2.24, 2.45) is 5.92 Å². The minimum absolute atomic E-state index is 0.807. The first-order chi connectivity index (χ1) is 7.93. The predicted octanol–water partition coefficient (Wildman–Crippen LogP) is 4.03. The van der Waals surface area contributed by atoms with E-state index >= 15 is 0 Å². The Kier molecular flexibility index (Phi) is 2.49. The molecule has 0 unspecified atom stereocenters. The zero-order valence-electron chi connectivity index (χ0n) is 9.34. The first kappa shape index (κ1) is 9.65. The third-order valence-electron chi connectivity index (χ3n) is 3.49. The Morgan fingerprint density at radius 1 is 0.812 bits per heavy atom. The van der Waals surface area contributed by atoms with Gasteiger partial charge in [-0.2, -0.15) is 0 Å². The summed E-state index contributed by atoms with van der Waals surface area (Å²) in [6.07, 6.45) is 2.60. The zero-order chi connectivity index (χ0) is 10.8. The van der Waals surface area contributed by atoms with E-state index in [-0.39, 0.29) is 0 Å². The van der Waals surface area contributed by atoms with Crippen LogP contribution in [-0.2, 0) is 6.42 Å². The van der Waals surface area contributed by atoms with Crippen molar-refractivity contribution < 1.29 is 0 Å². The molecule has 0 N–H and O–H groups in total. The molecule has 0 spiro atoms. The highest BCUT2D eigenvalue weighted by Gasteiger charge is 2.37. The van der Waals surface area contributed by atoms with Gasteiger partial charge in [0, 0.05) is 0 Å². The van der Waals surface area contributed by atoms with E-state index in [2.05, 4.69) is 60.7 Å². The fourth-order valence-corrected chi connectivity index (χ4v) is 2.50. The van der Waals surface area contributed by atoms with Gasteiger partial charge in [0.05, 0.1) is 0 Å². The maximum Gasteiger partial charge on any atom is -0.0127 e. The van der Waals surface area contributed by atoms with E-state index in [1.807, 2.05) is 0 Å². The molecule has 2 atom stereocenters. The summed E-state index contributed by atoms with van der Waals surface area (Å²) >= 11 is 0. The molecular weight excluding hydrogens is 192 g/mol. The Morgan fingerprint density at radius 3 is 2.12 bits per heavy atom. The highest BCUT2D eigenvalue weighted by Crippen LogP contribution is 2.49. The lowest BCUT2D eigenvalue weighted by molar-refractivity contribution is 0.795. The molecule has 0 aliphatic heterocycles. The van der Waals surface area contributed by atoms with Crippen molar-refractivity contribution in [3.63, 3.8) is 0 Å². The third-order valence-corrected chi connectivity index (χ3v) is 3.49. The second-order valence-electron chi connectivity index (χ2n) is 4.70. The predicted molar refractivity (Wildman–Crippen MR) is 67.4 cm³/mol. The summed E-state index contributed by atoms with van der Waals surface area (Å²) in [4.78, 5) is 0. The molecule has 1 aliphatic rings. The Hall–Kier alpha value is -1.56. The minimum Gasteiger partial charge on any atom is -0.0622 e. The van der Waals surface area contributed by atoms with Gasteiger partial charge in [-0.3, -0.25) is 0 Å². The van der Waals surface area contributed by atoms with Gasteiger partial charge in [-0.05, 0) is 35.8 Å². The lowest BCUT2D eigenvalue weighted by atomic mass is 10.0. The van der Waals surface area contributed by atoms with Gasteiger partial charge < -0.3 is 0 Å². The highest BCUT2D eigenvalue weighted by molar-refractivity contribution is 5.27.